The van der Waals surface area contributed by atoms with E-state index in [1.165, 1.54) is 6.20 Å². The highest BCUT2D eigenvalue weighted by molar-refractivity contribution is 6.33. The SMILES string of the molecule is N/C(=N/O)c1cc(CNc2c(F)cc(F)cc2Cl)ccn1. The molecule has 1 heterocycles. The molecule has 0 spiro atoms. The molecular formula is C13H11ClF2N4O. The van der Waals surface area contributed by atoms with Crippen LogP contribution in [0.4, 0.5) is 14.5 Å². The van der Waals surface area contributed by atoms with Gasteiger partial charge in [0.25, 0.3) is 0 Å². The van der Waals surface area contributed by atoms with Crippen molar-refractivity contribution in [2.24, 2.45) is 10.9 Å². The number of oxime groups is 1. The van der Waals surface area contributed by atoms with Crippen molar-refractivity contribution in [3.8, 4) is 0 Å². The van der Waals surface area contributed by atoms with Crippen LogP contribution in [0.5, 0.6) is 0 Å². The molecule has 21 heavy (non-hydrogen) atoms. The van der Waals surface area contributed by atoms with Gasteiger partial charge >= 0.3 is 0 Å². The number of anilines is 1. The lowest BCUT2D eigenvalue weighted by molar-refractivity contribution is 0.318. The van der Waals surface area contributed by atoms with Crippen molar-refractivity contribution < 1.29 is 14.0 Å². The largest absolute Gasteiger partial charge is 0.409 e. The molecule has 5 nitrogen and oxygen atoms in total. The number of hydrogen-bond donors (Lipinski definition) is 3. The van der Waals surface area contributed by atoms with Gasteiger partial charge in [0.15, 0.2) is 11.7 Å². The molecule has 0 fully saturated rings. The zero-order chi connectivity index (χ0) is 15.4. The molecule has 0 bridgehead atoms. The first-order chi connectivity index (χ1) is 10.0. The molecule has 0 saturated heterocycles. The van der Waals surface area contributed by atoms with E-state index in [0.29, 0.717) is 5.56 Å². The maximum atomic E-state index is 13.6. The number of benzene rings is 1. The van der Waals surface area contributed by atoms with E-state index in [1.807, 2.05) is 0 Å². The Morgan fingerprint density at radius 1 is 1.38 bits per heavy atom. The first kappa shape index (κ1) is 15.0. The van der Waals surface area contributed by atoms with Gasteiger partial charge in [-0.1, -0.05) is 16.8 Å². The minimum absolute atomic E-state index is 0.000209. The summed E-state index contributed by atoms with van der Waals surface area (Å²) in [6, 6.07) is 4.98. The van der Waals surface area contributed by atoms with E-state index in [0.717, 1.165) is 12.1 Å². The summed E-state index contributed by atoms with van der Waals surface area (Å²) < 4.78 is 26.5. The van der Waals surface area contributed by atoms with Crippen molar-refractivity contribution in [3.05, 3.63) is 58.4 Å². The number of rotatable bonds is 4. The summed E-state index contributed by atoms with van der Waals surface area (Å²) in [4.78, 5) is 3.92. The van der Waals surface area contributed by atoms with Crippen LogP contribution in [0.25, 0.3) is 0 Å². The molecule has 0 amide bonds. The predicted molar refractivity (Wildman–Crippen MR) is 75.4 cm³/mol. The number of nitrogens with zero attached hydrogens (tertiary/aromatic N) is 2. The van der Waals surface area contributed by atoms with E-state index in [4.69, 9.17) is 22.5 Å². The van der Waals surface area contributed by atoms with Gasteiger partial charge in [-0.3, -0.25) is 4.98 Å². The molecule has 0 saturated carbocycles. The van der Waals surface area contributed by atoms with Gasteiger partial charge in [-0.05, 0) is 23.8 Å². The monoisotopic (exact) mass is 312 g/mol. The molecule has 0 radical (unpaired) electrons. The Kier molecular flexibility index (Phi) is 4.54. The first-order valence-electron chi connectivity index (χ1n) is 5.82. The van der Waals surface area contributed by atoms with Gasteiger partial charge in [0.2, 0.25) is 0 Å². The van der Waals surface area contributed by atoms with Crippen LogP contribution in [0.2, 0.25) is 5.02 Å². The molecule has 0 aliphatic heterocycles. The minimum Gasteiger partial charge on any atom is -0.409 e. The number of nitrogens with two attached hydrogens (primary N) is 1. The van der Waals surface area contributed by atoms with Crippen molar-refractivity contribution in [2.75, 3.05) is 5.32 Å². The van der Waals surface area contributed by atoms with Crippen molar-refractivity contribution in [2.45, 2.75) is 6.54 Å². The Labute approximate surface area is 124 Å². The zero-order valence-electron chi connectivity index (χ0n) is 10.6. The van der Waals surface area contributed by atoms with E-state index in [2.05, 4.69) is 15.5 Å². The fourth-order valence-corrected chi connectivity index (χ4v) is 1.94. The summed E-state index contributed by atoms with van der Waals surface area (Å²) in [6.45, 7) is 0.205. The summed E-state index contributed by atoms with van der Waals surface area (Å²) in [7, 11) is 0. The number of amidine groups is 1. The van der Waals surface area contributed by atoms with Gasteiger partial charge in [0.1, 0.15) is 11.5 Å². The van der Waals surface area contributed by atoms with Gasteiger partial charge in [-0.2, -0.15) is 0 Å². The lowest BCUT2D eigenvalue weighted by Crippen LogP contribution is -2.15. The van der Waals surface area contributed by atoms with Gasteiger partial charge in [-0.25, -0.2) is 8.78 Å². The van der Waals surface area contributed by atoms with Crippen molar-refractivity contribution >= 4 is 23.1 Å². The van der Waals surface area contributed by atoms with Gasteiger partial charge < -0.3 is 16.3 Å². The van der Waals surface area contributed by atoms with E-state index in [-0.39, 0.29) is 28.8 Å². The fourth-order valence-electron chi connectivity index (χ4n) is 1.68. The zero-order valence-corrected chi connectivity index (χ0v) is 11.4. The van der Waals surface area contributed by atoms with Crippen LogP contribution in [-0.4, -0.2) is 16.0 Å². The number of nitrogens with one attached hydrogen (secondary N) is 1. The van der Waals surface area contributed by atoms with Crippen molar-refractivity contribution in [3.63, 3.8) is 0 Å². The quantitative estimate of drug-likeness (QED) is 0.351. The molecule has 0 atom stereocenters. The second-order valence-corrected chi connectivity index (χ2v) is 4.54. The molecule has 2 rings (SSSR count). The molecule has 1 aromatic carbocycles. The topological polar surface area (TPSA) is 83.5 Å². The van der Waals surface area contributed by atoms with Crippen LogP contribution < -0.4 is 11.1 Å². The summed E-state index contributed by atoms with van der Waals surface area (Å²) in [5, 5.41) is 14.1. The van der Waals surface area contributed by atoms with Gasteiger partial charge in [0, 0.05) is 18.8 Å². The fraction of sp³-hybridized carbons (Fsp3) is 0.0769. The average molecular weight is 313 g/mol. The number of aromatic nitrogens is 1. The second-order valence-electron chi connectivity index (χ2n) is 4.13. The van der Waals surface area contributed by atoms with E-state index in [9.17, 15) is 8.78 Å². The van der Waals surface area contributed by atoms with E-state index in [1.54, 1.807) is 12.1 Å². The maximum absolute atomic E-state index is 13.6. The van der Waals surface area contributed by atoms with Crippen LogP contribution in [0.3, 0.4) is 0 Å². The second kappa shape index (κ2) is 6.36. The molecule has 2 aromatic rings. The van der Waals surface area contributed by atoms with Crippen molar-refractivity contribution in [1.29, 1.82) is 0 Å². The molecule has 0 aliphatic rings. The van der Waals surface area contributed by atoms with Crippen LogP contribution in [-0.2, 0) is 6.54 Å². The first-order valence-corrected chi connectivity index (χ1v) is 6.20. The summed E-state index contributed by atoms with van der Waals surface area (Å²) in [6.07, 6.45) is 1.47. The third-order valence-electron chi connectivity index (χ3n) is 2.67. The van der Waals surface area contributed by atoms with Crippen LogP contribution >= 0.6 is 11.6 Å². The maximum Gasteiger partial charge on any atom is 0.188 e. The highest BCUT2D eigenvalue weighted by Gasteiger charge is 2.10. The highest BCUT2D eigenvalue weighted by atomic mass is 35.5. The van der Waals surface area contributed by atoms with Crippen LogP contribution in [0.15, 0.2) is 35.6 Å². The molecular weight excluding hydrogens is 302 g/mol. The molecule has 0 unspecified atom stereocenters. The lowest BCUT2D eigenvalue weighted by atomic mass is 10.2. The Morgan fingerprint density at radius 2 is 2.14 bits per heavy atom. The molecule has 110 valence electrons. The molecule has 1 aromatic heterocycles. The summed E-state index contributed by atoms with van der Waals surface area (Å²) >= 11 is 5.78. The van der Waals surface area contributed by atoms with Crippen molar-refractivity contribution in [1.82, 2.24) is 4.98 Å². The number of pyridine rings is 1. The third kappa shape index (κ3) is 3.57. The van der Waals surface area contributed by atoms with E-state index < -0.39 is 11.6 Å². The Balaban J connectivity index is 2.17. The molecule has 0 aliphatic carbocycles. The predicted octanol–water partition coefficient (Wildman–Crippen LogP) is 2.72. The van der Waals surface area contributed by atoms with Gasteiger partial charge in [-0.15, -0.1) is 0 Å². The Hall–Kier alpha value is -2.41. The Morgan fingerprint density at radius 3 is 2.81 bits per heavy atom. The standard InChI is InChI=1S/C13H11ClF2N4O/c14-9-4-8(15)5-10(16)12(9)19-6-7-1-2-18-11(3-7)13(17)20-21/h1-5,19,21H,6H2,(H2,17,20). The number of halogens is 3. The normalized spacial score (nSPS) is 11.5. The lowest BCUT2D eigenvalue weighted by Gasteiger charge is -2.10. The minimum atomic E-state index is -0.786. The smallest absolute Gasteiger partial charge is 0.188 e. The average Bonchev–Trinajstić information content (AvgIpc) is 2.45. The summed E-state index contributed by atoms with van der Waals surface area (Å²) in [5.74, 6) is -1.67. The third-order valence-corrected chi connectivity index (χ3v) is 2.97. The number of hydrogen-bond acceptors (Lipinski definition) is 4. The van der Waals surface area contributed by atoms with Crippen LogP contribution in [0.1, 0.15) is 11.3 Å². The highest BCUT2D eigenvalue weighted by Crippen LogP contribution is 2.26. The molecule has 8 heteroatoms. The summed E-state index contributed by atoms with van der Waals surface area (Å²) in [5.41, 5.74) is 6.41. The molecule has 4 N–H and O–H groups in total. The Bertz CT molecular complexity index is 671. The van der Waals surface area contributed by atoms with E-state index >= 15 is 0 Å². The van der Waals surface area contributed by atoms with Crippen LogP contribution in [0, 0.1) is 11.6 Å². The van der Waals surface area contributed by atoms with Gasteiger partial charge in [0.05, 0.1) is 10.7 Å².